The van der Waals surface area contributed by atoms with Crippen LogP contribution in [-0.4, -0.2) is 49.8 Å². The molecule has 0 amide bonds. The number of fused-ring (bicyclic) bond motifs is 1. The predicted octanol–water partition coefficient (Wildman–Crippen LogP) is 2.89. The molecule has 0 aliphatic carbocycles. The molecule has 4 N–H and O–H groups in total. The molecule has 0 bridgehead atoms. The van der Waals surface area contributed by atoms with Gasteiger partial charge >= 0.3 is 5.97 Å². The molecule has 0 fully saturated rings. The lowest BCUT2D eigenvalue weighted by Crippen LogP contribution is -2.23. The lowest BCUT2D eigenvalue weighted by molar-refractivity contribution is -0.132. The Hall–Kier alpha value is -4.30. The van der Waals surface area contributed by atoms with E-state index in [4.69, 9.17) is 15.2 Å². The number of hydrogen-bond donors (Lipinski definition) is 3. The number of nitrogens with one attached hydrogen (secondary N) is 2. The zero-order valence-corrected chi connectivity index (χ0v) is 21.0. The SMILES string of the molecule is C=CC(C)N=C(N)c1c(Nc2ncc(C(=O)n3ccc4nc(OC(C)=O)cc(OC)c43)s2)s[nH]c1=O. The van der Waals surface area contributed by atoms with E-state index < -0.39 is 5.97 Å². The number of nitrogens with two attached hydrogens (primary N) is 1. The first-order chi connectivity index (χ1) is 17.2. The second-order valence-electron chi connectivity index (χ2n) is 7.36. The number of carbonyl (C=O) groups excluding carboxylic acids is 2. The molecule has 0 aromatic carbocycles. The number of hydrogen-bond acceptors (Lipinski definition) is 11. The molecule has 0 aliphatic rings. The Morgan fingerprint density at radius 1 is 1.42 bits per heavy atom. The molecule has 4 rings (SSSR count). The van der Waals surface area contributed by atoms with Gasteiger partial charge in [0.2, 0.25) is 5.88 Å². The highest BCUT2D eigenvalue weighted by Crippen LogP contribution is 2.32. The number of esters is 1. The molecule has 0 radical (unpaired) electrons. The Morgan fingerprint density at radius 3 is 2.89 bits per heavy atom. The van der Waals surface area contributed by atoms with Gasteiger partial charge in [-0.05, 0) is 24.5 Å². The van der Waals surface area contributed by atoms with Gasteiger partial charge in [-0.1, -0.05) is 17.4 Å². The number of aliphatic imine (C=N–C) groups is 1. The van der Waals surface area contributed by atoms with Gasteiger partial charge < -0.3 is 20.5 Å². The summed E-state index contributed by atoms with van der Waals surface area (Å²) < 4.78 is 14.4. The van der Waals surface area contributed by atoms with Crippen LogP contribution >= 0.6 is 22.9 Å². The normalized spacial score (nSPS) is 12.4. The van der Waals surface area contributed by atoms with E-state index in [1.165, 1.54) is 30.9 Å². The molecule has 1 unspecified atom stereocenters. The highest BCUT2D eigenvalue weighted by atomic mass is 32.1. The van der Waals surface area contributed by atoms with Gasteiger partial charge in [0.05, 0.1) is 24.9 Å². The van der Waals surface area contributed by atoms with Crippen LogP contribution in [0.5, 0.6) is 11.6 Å². The summed E-state index contributed by atoms with van der Waals surface area (Å²) in [5.41, 5.74) is 6.65. The van der Waals surface area contributed by atoms with Crippen LogP contribution in [0.25, 0.3) is 11.0 Å². The van der Waals surface area contributed by atoms with E-state index >= 15 is 0 Å². The van der Waals surface area contributed by atoms with Crippen LogP contribution in [0.1, 0.15) is 29.1 Å². The Labute approximate surface area is 212 Å². The molecule has 4 aromatic rings. The van der Waals surface area contributed by atoms with Crippen molar-refractivity contribution >= 4 is 61.7 Å². The molecule has 0 saturated carbocycles. The third kappa shape index (κ3) is 4.89. The highest BCUT2D eigenvalue weighted by Gasteiger charge is 2.21. The molecular formula is C22H21N7O5S2. The number of rotatable bonds is 8. The molecule has 12 nitrogen and oxygen atoms in total. The summed E-state index contributed by atoms with van der Waals surface area (Å²) in [5, 5.41) is 3.82. The van der Waals surface area contributed by atoms with E-state index in [1.54, 1.807) is 25.3 Å². The molecule has 186 valence electrons. The average Bonchev–Trinajstić information content (AvgIpc) is 3.56. The highest BCUT2D eigenvalue weighted by molar-refractivity contribution is 7.18. The lowest BCUT2D eigenvalue weighted by atomic mass is 10.3. The van der Waals surface area contributed by atoms with Gasteiger partial charge in [-0.3, -0.25) is 28.3 Å². The average molecular weight is 528 g/mol. The maximum absolute atomic E-state index is 13.3. The number of H-pyrrole nitrogens is 1. The predicted molar refractivity (Wildman–Crippen MR) is 138 cm³/mol. The summed E-state index contributed by atoms with van der Waals surface area (Å²) in [5.74, 6) is -0.468. The van der Waals surface area contributed by atoms with Gasteiger partial charge in [-0.25, -0.2) is 9.97 Å². The number of methoxy groups -OCH3 is 1. The lowest BCUT2D eigenvalue weighted by Gasteiger charge is -2.08. The largest absolute Gasteiger partial charge is 0.494 e. The van der Waals surface area contributed by atoms with Gasteiger partial charge in [0.25, 0.3) is 11.5 Å². The van der Waals surface area contributed by atoms with Gasteiger partial charge in [0, 0.05) is 19.2 Å². The molecule has 0 aliphatic heterocycles. The minimum atomic E-state index is -0.525. The molecular weight excluding hydrogens is 506 g/mol. The summed E-state index contributed by atoms with van der Waals surface area (Å²) in [6, 6.07) is 2.77. The van der Waals surface area contributed by atoms with Gasteiger partial charge in [0.15, 0.2) is 10.9 Å². The van der Waals surface area contributed by atoms with Crippen molar-refractivity contribution in [3.8, 4) is 11.6 Å². The third-order valence-corrected chi connectivity index (χ3v) is 6.55. The molecule has 1 atom stereocenters. The number of anilines is 2. The van der Waals surface area contributed by atoms with Gasteiger partial charge in [0.1, 0.15) is 26.8 Å². The zero-order valence-electron chi connectivity index (χ0n) is 19.4. The summed E-state index contributed by atoms with van der Waals surface area (Å²) in [4.78, 5) is 49.9. The second kappa shape index (κ2) is 10.1. The van der Waals surface area contributed by atoms with Crippen molar-refractivity contribution in [3.05, 3.63) is 58.0 Å². The summed E-state index contributed by atoms with van der Waals surface area (Å²) in [6.45, 7) is 6.71. The van der Waals surface area contributed by atoms with Crippen molar-refractivity contribution in [2.45, 2.75) is 19.9 Å². The van der Waals surface area contributed by atoms with Crippen molar-refractivity contribution in [3.63, 3.8) is 0 Å². The fourth-order valence-electron chi connectivity index (χ4n) is 3.22. The number of carbonyl (C=O) groups is 2. The van der Waals surface area contributed by atoms with Crippen LogP contribution in [0, 0.1) is 0 Å². The second-order valence-corrected chi connectivity index (χ2v) is 9.21. The van der Waals surface area contributed by atoms with E-state index in [0.29, 0.717) is 31.8 Å². The third-order valence-electron chi connectivity index (χ3n) is 4.85. The van der Waals surface area contributed by atoms with Gasteiger partial charge in [-0.2, -0.15) is 0 Å². The van der Waals surface area contributed by atoms with Crippen LogP contribution in [0.3, 0.4) is 0 Å². The Bertz CT molecular complexity index is 1560. The summed E-state index contributed by atoms with van der Waals surface area (Å²) in [6.07, 6.45) is 4.56. The van der Waals surface area contributed by atoms with Crippen molar-refractivity contribution in [1.29, 1.82) is 0 Å². The fraction of sp³-hybridized carbons (Fsp3) is 0.182. The quantitative estimate of drug-likeness (QED) is 0.135. The Kier molecular flexibility index (Phi) is 6.98. The van der Waals surface area contributed by atoms with E-state index in [2.05, 4.69) is 31.2 Å². The number of amidine groups is 1. The monoisotopic (exact) mass is 527 g/mol. The smallest absolute Gasteiger partial charge is 0.309 e. The van der Waals surface area contributed by atoms with E-state index in [0.717, 1.165) is 22.9 Å². The van der Waals surface area contributed by atoms with Crippen LogP contribution in [0.15, 0.2) is 47.0 Å². The van der Waals surface area contributed by atoms with Crippen LogP contribution in [0.2, 0.25) is 0 Å². The van der Waals surface area contributed by atoms with Crippen molar-refractivity contribution in [1.82, 2.24) is 18.9 Å². The number of pyridine rings is 1. The maximum atomic E-state index is 13.3. The fourth-order valence-corrected chi connectivity index (χ4v) is 4.79. The topological polar surface area (TPSA) is 167 Å². The molecule has 36 heavy (non-hydrogen) atoms. The minimum Gasteiger partial charge on any atom is -0.494 e. The number of aromatic amines is 1. The minimum absolute atomic E-state index is 0.0618. The van der Waals surface area contributed by atoms with Crippen LogP contribution in [-0.2, 0) is 4.79 Å². The summed E-state index contributed by atoms with van der Waals surface area (Å²) in [7, 11) is 1.44. The first-order valence-electron chi connectivity index (χ1n) is 10.4. The van der Waals surface area contributed by atoms with Crippen molar-refractivity contribution < 1.29 is 19.1 Å². The molecule has 4 aromatic heterocycles. The van der Waals surface area contributed by atoms with Crippen LogP contribution in [0.4, 0.5) is 10.1 Å². The van der Waals surface area contributed by atoms with Crippen LogP contribution < -0.4 is 26.1 Å². The molecule has 14 heteroatoms. The zero-order chi connectivity index (χ0) is 26.0. The number of ether oxygens (including phenoxy) is 2. The maximum Gasteiger partial charge on any atom is 0.309 e. The molecule has 0 spiro atoms. The van der Waals surface area contributed by atoms with Gasteiger partial charge in [-0.15, -0.1) is 6.58 Å². The van der Waals surface area contributed by atoms with Crippen molar-refractivity contribution in [2.24, 2.45) is 10.7 Å². The molecule has 0 saturated heterocycles. The van der Waals surface area contributed by atoms with E-state index in [-0.39, 0.29) is 34.8 Å². The number of aromatic nitrogens is 4. The molecule has 4 heterocycles. The van der Waals surface area contributed by atoms with E-state index in [1.807, 2.05) is 0 Å². The van der Waals surface area contributed by atoms with E-state index in [9.17, 15) is 14.4 Å². The number of thiazole rings is 1. The first kappa shape index (κ1) is 24.8. The Morgan fingerprint density at radius 2 is 2.19 bits per heavy atom. The number of nitrogens with zero attached hydrogens (tertiary/aromatic N) is 4. The first-order valence-corrected chi connectivity index (χ1v) is 12.0. The summed E-state index contributed by atoms with van der Waals surface area (Å²) >= 11 is 2.13. The Balaban J connectivity index is 1.63. The standard InChI is InChI=1S/C22H21N7O5S2/c1-5-10(2)25-18(23)16-19(31)28-36-20(16)27-22-24-9-14(35-22)21(32)29-7-6-12-17(29)13(33-4)8-15(26-12)34-11(3)30/h5-10H,1H2,2-4H3,(H2,23,25)(H,24,27)(H,28,31). The van der Waals surface area contributed by atoms with Crippen molar-refractivity contribution in [2.75, 3.05) is 12.4 Å².